The molecule has 0 bridgehead atoms. The van der Waals surface area contributed by atoms with Crippen LogP contribution in [0.2, 0.25) is 0 Å². The highest BCUT2D eigenvalue weighted by atomic mass is 16.5. The molecule has 8 nitrogen and oxygen atoms in total. The molecule has 39 heavy (non-hydrogen) atoms. The monoisotopic (exact) mass is 535 g/mol. The predicted molar refractivity (Wildman–Crippen MR) is 164 cm³/mol. The average molecular weight is 536 g/mol. The summed E-state index contributed by atoms with van der Waals surface area (Å²) in [5.74, 6) is 1.09. The van der Waals surface area contributed by atoms with E-state index in [1.165, 1.54) is 0 Å². The molecule has 0 radical (unpaired) electrons. The summed E-state index contributed by atoms with van der Waals surface area (Å²) >= 11 is 0. The average Bonchev–Trinajstić information content (AvgIpc) is 2.99. The molecule has 4 N–H and O–H groups in total. The van der Waals surface area contributed by atoms with Gasteiger partial charge in [-0.15, -0.1) is 6.58 Å². The molecule has 2 aromatic rings. The molecule has 2 aromatic heterocycles. The fourth-order valence-electron chi connectivity index (χ4n) is 3.23. The van der Waals surface area contributed by atoms with Crippen molar-refractivity contribution < 1.29 is 14.6 Å². The molecule has 0 aliphatic carbocycles. The summed E-state index contributed by atoms with van der Waals surface area (Å²) in [5, 5.41) is 11.2. The first-order chi connectivity index (χ1) is 19.1. The fourth-order valence-corrected chi connectivity index (χ4v) is 3.23. The molecule has 3 rings (SSSR count). The fraction of sp³-hybridized carbons (Fsp3) is 0.355. The minimum Gasteiger partial charge on any atom is -0.487 e. The largest absolute Gasteiger partial charge is 0.487 e. The molecule has 1 fully saturated rings. The summed E-state index contributed by atoms with van der Waals surface area (Å²) in [6.07, 6.45) is 14.3. The Morgan fingerprint density at radius 3 is 2.46 bits per heavy atom. The minimum absolute atomic E-state index is 0.292. The lowest BCUT2D eigenvalue weighted by Crippen LogP contribution is -2.37. The van der Waals surface area contributed by atoms with Crippen LogP contribution < -0.4 is 20.7 Å². The van der Waals surface area contributed by atoms with Crippen LogP contribution in [-0.2, 0) is 11.3 Å². The van der Waals surface area contributed by atoms with Crippen molar-refractivity contribution in [1.82, 2.24) is 15.3 Å². The third kappa shape index (κ3) is 13.2. The highest BCUT2D eigenvalue weighted by molar-refractivity contribution is 5.73. The number of pyridine rings is 2. The Kier molecular flexibility index (Phi) is 20.5. The molecular weight excluding hydrogens is 490 g/mol. The number of anilines is 2. The molecule has 212 valence electrons. The van der Waals surface area contributed by atoms with Gasteiger partial charge in [-0.3, -0.25) is 4.98 Å². The summed E-state index contributed by atoms with van der Waals surface area (Å²) in [4.78, 5) is 11.0. The third-order valence-corrected chi connectivity index (χ3v) is 4.79. The molecule has 0 unspecified atom stereocenters. The summed E-state index contributed by atoms with van der Waals surface area (Å²) < 4.78 is 11.4. The van der Waals surface area contributed by atoms with Gasteiger partial charge < -0.3 is 30.5 Å². The van der Waals surface area contributed by atoms with E-state index >= 15 is 0 Å². The van der Waals surface area contributed by atoms with Crippen LogP contribution in [0.4, 0.5) is 11.5 Å². The van der Waals surface area contributed by atoms with Crippen LogP contribution >= 0.6 is 0 Å². The molecule has 0 amide bonds. The van der Waals surface area contributed by atoms with E-state index in [4.69, 9.17) is 20.3 Å². The van der Waals surface area contributed by atoms with Crippen molar-refractivity contribution in [3.63, 3.8) is 0 Å². The van der Waals surface area contributed by atoms with Gasteiger partial charge in [0.2, 0.25) is 0 Å². The second kappa shape index (κ2) is 22.9. The van der Waals surface area contributed by atoms with Crippen molar-refractivity contribution in [3.8, 4) is 17.9 Å². The van der Waals surface area contributed by atoms with E-state index in [2.05, 4.69) is 39.4 Å². The van der Waals surface area contributed by atoms with Gasteiger partial charge in [-0.1, -0.05) is 64.7 Å². The Hall–Kier alpha value is -4.22. The number of nitrogens with zero attached hydrogens (tertiary/aromatic N) is 3. The van der Waals surface area contributed by atoms with Crippen LogP contribution in [0.3, 0.4) is 0 Å². The van der Waals surface area contributed by atoms with E-state index in [1.807, 2.05) is 71.0 Å². The van der Waals surface area contributed by atoms with Crippen molar-refractivity contribution >= 4 is 17.1 Å². The Morgan fingerprint density at radius 2 is 1.87 bits per heavy atom. The Bertz CT molecular complexity index is 1060. The number of aliphatic hydroxyl groups excluding tert-OH is 1. The molecule has 0 atom stereocenters. The summed E-state index contributed by atoms with van der Waals surface area (Å²) in [7, 11) is 0. The number of hydrogen-bond donors (Lipinski definition) is 3. The van der Waals surface area contributed by atoms with Gasteiger partial charge in [0, 0.05) is 37.6 Å². The maximum absolute atomic E-state index is 8.46. The zero-order valence-corrected chi connectivity index (χ0v) is 24.1. The molecule has 0 aromatic carbocycles. The number of nitrogens with two attached hydrogens (primary N) is 1. The zero-order chi connectivity index (χ0) is 29.3. The Labute approximate surface area is 235 Å². The molecule has 8 heteroatoms. The van der Waals surface area contributed by atoms with Crippen LogP contribution in [0, 0.1) is 12.2 Å². The number of aliphatic hydroxyl groups is 1. The molecule has 1 aliphatic rings. The van der Waals surface area contributed by atoms with Crippen molar-refractivity contribution in [1.29, 1.82) is 0 Å². The van der Waals surface area contributed by atoms with Gasteiger partial charge in [0.05, 0.1) is 30.7 Å². The maximum Gasteiger partial charge on any atom is 0.138 e. The van der Waals surface area contributed by atoms with Crippen LogP contribution in [-0.4, -0.2) is 47.9 Å². The normalized spacial score (nSPS) is 12.1. The molecule has 1 aliphatic heterocycles. The second-order valence-electron chi connectivity index (χ2n) is 7.25. The summed E-state index contributed by atoms with van der Waals surface area (Å²) in [6, 6.07) is 8.07. The van der Waals surface area contributed by atoms with E-state index in [0.29, 0.717) is 37.9 Å². The number of ether oxygens (including phenoxy) is 2. The van der Waals surface area contributed by atoms with Gasteiger partial charge >= 0.3 is 0 Å². The number of nitrogens with one attached hydrogen (secondary N) is 1. The highest BCUT2D eigenvalue weighted by Gasteiger charge is 2.17. The number of hydrogen-bond acceptors (Lipinski definition) is 8. The first-order valence-electron chi connectivity index (χ1n) is 13.2. The lowest BCUT2D eigenvalue weighted by Gasteiger charge is -2.30. The Balaban J connectivity index is 0.00000189. The molecule has 1 saturated heterocycles. The number of aromatic nitrogens is 2. The number of rotatable bonds is 9. The van der Waals surface area contributed by atoms with Crippen molar-refractivity contribution in [3.05, 3.63) is 85.4 Å². The number of morpholine rings is 1. The van der Waals surface area contributed by atoms with Gasteiger partial charge in [0.25, 0.3) is 0 Å². The van der Waals surface area contributed by atoms with E-state index in [1.54, 1.807) is 30.7 Å². The Morgan fingerprint density at radius 1 is 1.18 bits per heavy atom. The van der Waals surface area contributed by atoms with Crippen molar-refractivity contribution in [2.75, 3.05) is 43.5 Å². The first kappa shape index (κ1) is 34.8. The summed E-state index contributed by atoms with van der Waals surface area (Å²) in [6.45, 7) is 20.8. The molecular formula is C31H45N5O3. The van der Waals surface area contributed by atoms with Gasteiger partial charge in [-0.05, 0) is 30.7 Å². The summed E-state index contributed by atoms with van der Waals surface area (Å²) in [5.41, 5.74) is 9.68. The lowest BCUT2D eigenvalue weighted by molar-refractivity contribution is 0.122. The molecule has 0 spiro atoms. The highest BCUT2D eigenvalue weighted by Crippen LogP contribution is 2.27. The van der Waals surface area contributed by atoms with E-state index in [0.717, 1.165) is 35.6 Å². The zero-order valence-electron chi connectivity index (χ0n) is 24.1. The van der Waals surface area contributed by atoms with Crippen molar-refractivity contribution in [2.24, 2.45) is 0 Å². The lowest BCUT2D eigenvalue weighted by atomic mass is 10.1. The predicted octanol–water partition coefficient (Wildman–Crippen LogP) is 5.73. The standard InChI is InChI=1S/C24H27N5O3.C3H6.2C2H6/c1-2-4-19(5-3-9-26-11-14-30)22-7-6-20(17-28-22)32-18-21-23(8-10-27-24(21)25)29-12-15-31-16-13-29;1-3-2;2*1-2/h2-8,10,17,26,30H,1,9,12-13,15-16,18H2,(H2,25,27);3H,1H2,2H3;2*1-2H3/b5-3-,19-4+;;;. The van der Waals surface area contributed by atoms with Gasteiger partial charge in [-0.25, -0.2) is 4.98 Å². The second-order valence-corrected chi connectivity index (χ2v) is 7.25. The molecule has 3 heterocycles. The molecule has 0 saturated carbocycles. The topological polar surface area (TPSA) is 106 Å². The van der Waals surface area contributed by atoms with Crippen LogP contribution in [0.5, 0.6) is 5.75 Å². The SMILES string of the molecule is C=C/C=C(\C=C/CNC#CO)c1ccc(OCc2c(N3CCOCC3)ccnc2N)cn1.C=CC.CC.CC. The van der Waals surface area contributed by atoms with E-state index in [9.17, 15) is 0 Å². The third-order valence-electron chi connectivity index (χ3n) is 4.79. The van der Waals surface area contributed by atoms with Crippen molar-refractivity contribution in [2.45, 2.75) is 41.2 Å². The smallest absolute Gasteiger partial charge is 0.138 e. The van der Waals surface area contributed by atoms with Gasteiger partial charge in [-0.2, -0.15) is 0 Å². The van der Waals surface area contributed by atoms with E-state index in [-0.39, 0.29) is 0 Å². The first-order valence-corrected chi connectivity index (χ1v) is 13.2. The van der Waals surface area contributed by atoms with Crippen LogP contribution in [0.25, 0.3) is 5.57 Å². The quantitative estimate of drug-likeness (QED) is 0.123. The van der Waals surface area contributed by atoms with Gasteiger partial charge in [0.15, 0.2) is 0 Å². The van der Waals surface area contributed by atoms with E-state index < -0.39 is 0 Å². The van der Waals surface area contributed by atoms with Crippen LogP contribution in [0.15, 0.2) is 74.1 Å². The minimum atomic E-state index is 0.292. The van der Waals surface area contributed by atoms with Crippen LogP contribution in [0.1, 0.15) is 45.9 Å². The number of allylic oxidation sites excluding steroid dienone is 5. The van der Waals surface area contributed by atoms with Gasteiger partial charge in [0.1, 0.15) is 24.3 Å². The number of nitrogen functional groups attached to an aromatic ring is 1. The maximum atomic E-state index is 8.46.